The van der Waals surface area contributed by atoms with Crippen LogP contribution < -0.4 is 15.8 Å². The highest BCUT2D eigenvalue weighted by atomic mass is 16.4. The highest BCUT2D eigenvalue weighted by Gasteiger charge is 2.34. The Labute approximate surface area is 189 Å². The standard InChI is InChI=1S/C26H32N4O2/c1-3-7-19-16-24(30-13-6-9-18-8-4-5-10-22(18)30)29-26(27-19)28-20-11-12-21-17(2)14-25(31)32-23(21)15-20/h11-12,14-16,18,22H,3-10,13H2,1-2H3,(H,27,28,29). The number of anilines is 3. The van der Waals surface area contributed by atoms with Crippen molar-refractivity contribution in [1.29, 1.82) is 0 Å². The molecule has 1 aromatic carbocycles. The zero-order chi connectivity index (χ0) is 22.1. The summed E-state index contributed by atoms with van der Waals surface area (Å²) >= 11 is 0. The van der Waals surface area contributed by atoms with Gasteiger partial charge in [0.1, 0.15) is 11.4 Å². The Balaban J connectivity index is 1.48. The average molecular weight is 433 g/mol. The van der Waals surface area contributed by atoms with Crippen LogP contribution >= 0.6 is 0 Å². The number of rotatable bonds is 5. The maximum atomic E-state index is 11.8. The van der Waals surface area contributed by atoms with E-state index >= 15 is 0 Å². The Bertz CT molecular complexity index is 1170. The minimum absolute atomic E-state index is 0.331. The van der Waals surface area contributed by atoms with Gasteiger partial charge in [-0.05, 0) is 62.6 Å². The zero-order valence-corrected chi connectivity index (χ0v) is 19.1. The SMILES string of the molecule is CCCc1cc(N2CCCC3CCCCC32)nc(Nc2ccc3c(C)cc(=O)oc3c2)n1. The Morgan fingerprint density at radius 3 is 2.81 bits per heavy atom. The van der Waals surface area contributed by atoms with Gasteiger partial charge in [0.25, 0.3) is 0 Å². The van der Waals surface area contributed by atoms with Crippen molar-refractivity contribution in [3.8, 4) is 0 Å². The number of fused-ring (bicyclic) bond motifs is 2. The molecule has 3 heterocycles. The summed E-state index contributed by atoms with van der Waals surface area (Å²) in [6.45, 7) is 5.18. The molecule has 2 aliphatic rings. The van der Waals surface area contributed by atoms with Gasteiger partial charge in [-0.3, -0.25) is 0 Å². The molecule has 3 aromatic rings. The van der Waals surface area contributed by atoms with E-state index in [9.17, 15) is 4.79 Å². The Hall–Kier alpha value is -2.89. The first-order valence-corrected chi connectivity index (χ1v) is 12.1. The summed E-state index contributed by atoms with van der Waals surface area (Å²) in [7, 11) is 0. The van der Waals surface area contributed by atoms with Crippen molar-refractivity contribution in [1.82, 2.24) is 9.97 Å². The van der Waals surface area contributed by atoms with Crippen LogP contribution in [0.4, 0.5) is 17.5 Å². The number of nitrogens with zero attached hydrogens (tertiary/aromatic N) is 3. The molecule has 1 N–H and O–H groups in total. The number of benzene rings is 1. The molecule has 2 atom stereocenters. The van der Waals surface area contributed by atoms with E-state index in [4.69, 9.17) is 14.4 Å². The lowest BCUT2D eigenvalue weighted by Crippen LogP contribution is -2.47. The lowest BCUT2D eigenvalue weighted by molar-refractivity contribution is 0.242. The fourth-order valence-corrected chi connectivity index (χ4v) is 5.51. The molecule has 0 bridgehead atoms. The summed E-state index contributed by atoms with van der Waals surface area (Å²) in [4.78, 5) is 24.1. The van der Waals surface area contributed by atoms with Gasteiger partial charge in [0.15, 0.2) is 0 Å². The molecule has 168 valence electrons. The third kappa shape index (κ3) is 4.23. The van der Waals surface area contributed by atoms with Crippen molar-refractivity contribution in [3.05, 3.63) is 52.0 Å². The molecular formula is C26H32N4O2. The Morgan fingerprint density at radius 2 is 1.94 bits per heavy atom. The fraction of sp³-hybridized carbons (Fsp3) is 0.500. The van der Waals surface area contributed by atoms with Gasteiger partial charge >= 0.3 is 5.63 Å². The van der Waals surface area contributed by atoms with E-state index < -0.39 is 0 Å². The van der Waals surface area contributed by atoms with Crippen LogP contribution in [0.1, 0.15) is 63.1 Å². The summed E-state index contributed by atoms with van der Waals surface area (Å²) in [5.41, 5.74) is 3.05. The van der Waals surface area contributed by atoms with E-state index in [2.05, 4.69) is 23.2 Å². The van der Waals surface area contributed by atoms with E-state index in [-0.39, 0.29) is 5.63 Å². The number of aromatic nitrogens is 2. The molecule has 1 aliphatic carbocycles. The highest BCUT2D eigenvalue weighted by Crippen LogP contribution is 2.37. The van der Waals surface area contributed by atoms with Crippen molar-refractivity contribution >= 4 is 28.4 Å². The molecular weight excluding hydrogens is 400 g/mol. The van der Waals surface area contributed by atoms with Crippen molar-refractivity contribution < 1.29 is 4.42 Å². The maximum Gasteiger partial charge on any atom is 0.336 e. The van der Waals surface area contributed by atoms with Gasteiger partial charge in [-0.25, -0.2) is 9.78 Å². The third-order valence-corrected chi connectivity index (χ3v) is 7.02. The monoisotopic (exact) mass is 432 g/mol. The highest BCUT2D eigenvalue weighted by molar-refractivity contribution is 5.83. The number of aryl methyl sites for hydroxylation is 2. The molecule has 0 radical (unpaired) electrons. The van der Waals surface area contributed by atoms with Gasteiger partial charge in [0.05, 0.1) is 0 Å². The second kappa shape index (κ2) is 8.93. The van der Waals surface area contributed by atoms with Gasteiger partial charge < -0.3 is 14.6 Å². The number of nitrogens with one attached hydrogen (secondary N) is 1. The minimum Gasteiger partial charge on any atom is -0.423 e. The van der Waals surface area contributed by atoms with Crippen LogP contribution in [0.2, 0.25) is 0 Å². The summed E-state index contributed by atoms with van der Waals surface area (Å²) in [5, 5.41) is 4.31. The van der Waals surface area contributed by atoms with Gasteiger partial charge in [-0.1, -0.05) is 26.2 Å². The molecule has 6 heteroatoms. The fourth-order valence-electron chi connectivity index (χ4n) is 5.51. The molecule has 6 nitrogen and oxygen atoms in total. The second-order valence-corrected chi connectivity index (χ2v) is 9.32. The number of hydrogen-bond acceptors (Lipinski definition) is 6. The molecule has 0 amide bonds. The summed E-state index contributed by atoms with van der Waals surface area (Å²) in [5.74, 6) is 2.45. The van der Waals surface area contributed by atoms with E-state index in [1.807, 2.05) is 25.1 Å². The van der Waals surface area contributed by atoms with Gasteiger partial charge in [-0.15, -0.1) is 0 Å². The lowest BCUT2D eigenvalue weighted by Gasteiger charge is -2.44. The van der Waals surface area contributed by atoms with Gasteiger partial charge in [0, 0.05) is 47.6 Å². The molecule has 2 unspecified atom stereocenters. The maximum absolute atomic E-state index is 11.8. The predicted octanol–water partition coefficient (Wildman–Crippen LogP) is 5.75. The smallest absolute Gasteiger partial charge is 0.336 e. The molecule has 5 rings (SSSR count). The first-order chi connectivity index (χ1) is 15.6. The number of piperidine rings is 1. The van der Waals surface area contributed by atoms with Crippen LogP contribution in [0.15, 0.2) is 39.5 Å². The molecule has 2 aromatic heterocycles. The van der Waals surface area contributed by atoms with Gasteiger partial charge in [0.2, 0.25) is 5.95 Å². The molecule has 32 heavy (non-hydrogen) atoms. The lowest BCUT2D eigenvalue weighted by atomic mass is 9.78. The summed E-state index contributed by atoms with van der Waals surface area (Å²) in [6, 6.07) is 10.1. The van der Waals surface area contributed by atoms with Crippen molar-refractivity contribution in [2.24, 2.45) is 5.92 Å². The van der Waals surface area contributed by atoms with Crippen molar-refractivity contribution in [3.63, 3.8) is 0 Å². The Kier molecular flexibility index (Phi) is 5.85. The van der Waals surface area contributed by atoms with E-state index in [0.717, 1.165) is 53.5 Å². The average Bonchev–Trinajstić information content (AvgIpc) is 2.78. The van der Waals surface area contributed by atoms with Crippen LogP contribution in [-0.4, -0.2) is 22.6 Å². The van der Waals surface area contributed by atoms with E-state index in [1.165, 1.54) is 44.6 Å². The quantitative estimate of drug-likeness (QED) is 0.518. The molecule has 2 fully saturated rings. The van der Waals surface area contributed by atoms with Crippen molar-refractivity contribution in [2.75, 3.05) is 16.8 Å². The molecule has 1 saturated heterocycles. The second-order valence-electron chi connectivity index (χ2n) is 9.32. The van der Waals surface area contributed by atoms with Crippen LogP contribution in [0.25, 0.3) is 11.0 Å². The summed E-state index contributed by atoms with van der Waals surface area (Å²) < 4.78 is 5.42. The van der Waals surface area contributed by atoms with E-state index in [1.54, 1.807) is 0 Å². The topological polar surface area (TPSA) is 71.3 Å². The zero-order valence-electron chi connectivity index (χ0n) is 19.1. The molecule has 0 spiro atoms. The van der Waals surface area contributed by atoms with Crippen LogP contribution in [0, 0.1) is 12.8 Å². The number of hydrogen-bond donors (Lipinski definition) is 1. The van der Waals surface area contributed by atoms with Crippen LogP contribution in [0.3, 0.4) is 0 Å². The predicted molar refractivity (Wildman–Crippen MR) is 129 cm³/mol. The Morgan fingerprint density at radius 1 is 1.09 bits per heavy atom. The molecule has 1 aliphatic heterocycles. The van der Waals surface area contributed by atoms with Crippen LogP contribution in [-0.2, 0) is 6.42 Å². The normalized spacial score (nSPS) is 20.9. The largest absolute Gasteiger partial charge is 0.423 e. The van der Waals surface area contributed by atoms with Crippen molar-refractivity contribution in [2.45, 2.75) is 71.3 Å². The van der Waals surface area contributed by atoms with E-state index in [0.29, 0.717) is 17.6 Å². The molecule has 1 saturated carbocycles. The van der Waals surface area contributed by atoms with Crippen LogP contribution in [0.5, 0.6) is 0 Å². The van der Waals surface area contributed by atoms with Gasteiger partial charge in [-0.2, -0.15) is 4.98 Å². The summed E-state index contributed by atoms with van der Waals surface area (Å²) in [6.07, 6.45) is 9.85. The third-order valence-electron chi connectivity index (χ3n) is 7.02. The first kappa shape index (κ1) is 21.0. The minimum atomic E-state index is -0.331. The first-order valence-electron chi connectivity index (χ1n) is 12.1.